The molecule has 0 fully saturated rings. The molecule has 19 heavy (non-hydrogen) atoms. The number of nitrogens with one attached hydrogen (secondary N) is 1. The van der Waals surface area contributed by atoms with Crippen LogP contribution in [0.3, 0.4) is 0 Å². The second-order valence-electron chi connectivity index (χ2n) is 4.31. The maximum absolute atomic E-state index is 4.30. The summed E-state index contributed by atoms with van der Waals surface area (Å²) in [4.78, 5) is 0. The van der Waals surface area contributed by atoms with Gasteiger partial charge in [-0.3, -0.25) is 0 Å². The monoisotopic (exact) mass is 269 g/mol. The number of hydrogen-bond donors (Lipinski definition) is 1. The largest absolute Gasteiger partial charge is 0.309 e. The van der Waals surface area contributed by atoms with E-state index in [4.69, 9.17) is 0 Å². The highest BCUT2D eigenvalue weighted by Gasteiger charge is 2.03. The number of nitrogens with zero attached hydrogens (tertiary/aromatic N) is 2. The quantitative estimate of drug-likeness (QED) is 0.770. The summed E-state index contributed by atoms with van der Waals surface area (Å²) < 4.78 is 1.90. The third-order valence-corrected chi connectivity index (χ3v) is 3.70. The lowest BCUT2D eigenvalue weighted by molar-refractivity contribution is 0.688. The first-order valence-corrected chi connectivity index (χ1v) is 7.17. The van der Waals surface area contributed by atoms with E-state index in [-0.39, 0.29) is 0 Å². The van der Waals surface area contributed by atoms with E-state index < -0.39 is 0 Å². The minimum Gasteiger partial charge on any atom is -0.309 e. The van der Waals surface area contributed by atoms with Crippen molar-refractivity contribution in [2.45, 2.75) is 13.1 Å². The molecule has 2 heterocycles. The fourth-order valence-corrected chi connectivity index (χ4v) is 2.70. The molecule has 0 saturated carbocycles. The van der Waals surface area contributed by atoms with Crippen molar-refractivity contribution in [2.24, 2.45) is 0 Å². The van der Waals surface area contributed by atoms with Crippen molar-refractivity contribution in [3.63, 3.8) is 0 Å². The lowest BCUT2D eigenvalue weighted by atomic mass is 10.1. The predicted octanol–water partition coefficient (Wildman–Crippen LogP) is 3.22. The Hall–Kier alpha value is -1.91. The molecule has 4 heteroatoms. The van der Waals surface area contributed by atoms with Gasteiger partial charge in [0.15, 0.2) is 0 Å². The van der Waals surface area contributed by atoms with E-state index in [1.807, 2.05) is 23.0 Å². The van der Waals surface area contributed by atoms with E-state index in [1.165, 1.54) is 11.1 Å². The van der Waals surface area contributed by atoms with Gasteiger partial charge in [0.2, 0.25) is 0 Å². The van der Waals surface area contributed by atoms with Crippen molar-refractivity contribution in [1.29, 1.82) is 0 Å². The molecule has 96 valence electrons. The van der Waals surface area contributed by atoms with Crippen LogP contribution in [0.15, 0.2) is 59.6 Å². The zero-order chi connectivity index (χ0) is 12.9. The van der Waals surface area contributed by atoms with Crippen molar-refractivity contribution in [1.82, 2.24) is 15.1 Å². The molecule has 3 nitrogen and oxygen atoms in total. The van der Waals surface area contributed by atoms with Crippen molar-refractivity contribution in [3.8, 4) is 5.69 Å². The van der Waals surface area contributed by atoms with Gasteiger partial charge in [0.05, 0.1) is 5.69 Å². The van der Waals surface area contributed by atoms with E-state index in [1.54, 1.807) is 17.5 Å². The summed E-state index contributed by atoms with van der Waals surface area (Å²) >= 11 is 1.73. The molecule has 0 saturated heterocycles. The second-order valence-corrected chi connectivity index (χ2v) is 5.09. The Kier molecular flexibility index (Phi) is 3.72. The third-order valence-electron chi connectivity index (χ3n) is 2.97. The molecule has 0 unspecified atom stereocenters. The van der Waals surface area contributed by atoms with Gasteiger partial charge in [0.1, 0.15) is 0 Å². The molecule has 0 bridgehead atoms. The van der Waals surface area contributed by atoms with Gasteiger partial charge in [-0.15, -0.1) is 0 Å². The standard InChI is InChI=1S/C15H15N3S/c1-2-5-15(18-8-3-7-17-18)14(4-1)11-16-10-13-6-9-19-12-13/h1-9,12,16H,10-11H2. The maximum atomic E-state index is 4.30. The summed E-state index contributed by atoms with van der Waals surface area (Å²) in [6, 6.07) is 12.4. The molecular formula is C15H15N3S. The highest BCUT2D eigenvalue weighted by Crippen LogP contribution is 2.13. The third kappa shape index (κ3) is 2.92. The SMILES string of the molecule is c1ccc(-n2cccn2)c(CNCc2ccsc2)c1. The van der Waals surface area contributed by atoms with Gasteiger partial charge in [-0.25, -0.2) is 4.68 Å². The Labute approximate surface area is 116 Å². The summed E-state index contributed by atoms with van der Waals surface area (Å²) in [6.45, 7) is 1.74. The average Bonchev–Trinajstić information content (AvgIpc) is 3.12. The number of para-hydroxylation sites is 1. The molecule has 0 amide bonds. The van der Waals surface area contributed by atoms with Crippen LogP contribution in [-0.2, 0) is 13.1 Å². The summed E-state index contributed by atoms with van der Waals surface area (Å²) in [7, 11) is 0. The maximum Gasteiger partial charge on any atom is 0.0690 e. The van der Waals surface area contributed by atoms with Gasteiger partial charge < -0.3 is 5.32 Å². The first-order valence-electron chi connectivity index (χ1n) is 6.23. The molecule has 0 spiro atoms. The molecule has 0 radical (unpaired) electrons. The van der Waals surface area contributed by atoms with Crippen LogP contribution in [0, 0.1) is 0 Å². The van der Waals surface area contributed by atoms with E-state index >= 15 is 0 Å². The molecule has 2 aromatic heterocycles. The van der Waals surface area contributed by atoms with Crippen LogP contribution in [-0.4, -0.2) is 9.78 Å². The van der Waals surface area contributed by atoms with Crippen LogP contribution in [0.2, 0.25) is 0 Å². The molecule has 0 aliphatic heterocycles. The molecule has 0 aliphatic rings. The normalized spacial score (nSPS) is 10.7. The van der Waals surface area contributed by atoms with Crippen molar-refractivity contribution in [3.05, 3.63) is 70.7 Å². The Bertz CT molecular complexity index is 615. The summed E-state index contributed by atoms with van der Waals surface area (Å²) in [5, 5.41) is 12.0. The van der Waals surface area contributed by atoms with Gasteiger partial charge in [-0.1, -0.05) is 18.2 Å². The van der Waals surface area contributed by atoms with E-state index in [0.29, 0.717) is 0 Å². The van der Waals surface area contributed by atoms with Crippen LogP contribution in [0.1, 0.15) is 11.1 Å². The average molecular weight is 269 g/mol. The molecule has 1 N–H and O–H groups in total. The van der Waals surface area contributed by atoms with Crippen LogP contribution in [0.4, 0.5) is 0 Å². The van der Waals surface area contributed by atoms with Crippen LogP contribution >= 0.6 is 11.3 Å². The van der Waals surface area contributed by atoms with E-state index in [2.05, 4.69) is 45.4 Å². The zero-order valence-electron chi connectivity index (χ0n) is 10.5. The minimum absolute atomic E-state index is 0.839. The minimum atomic E-state index is 0.839. The number of benzene rings is 1. The van der Waals surface area contributed by atoms with Gasteiger partial charge in [-0.2, -0.15) is 16.4 Å². The van der Waals surface area contributed by atoms with Crippen molar-refractivity contribution < 1.29 is 0 Å². The lowest BCUT2D eigenvalue weighted by Gasteiger charge is -2.10. The second kappa shape index (κ2) is 5.82. The van der Waals surface area contributed by atoms with E-state index in [0.717, 1.165) is 18.8 Å². The van der Waals surface area contributed by atoms with E-state index in [9.17, 15) is 0 Å². The van der Waals surface area contributed by atoms with Crippen molar-refractivity contribution in [2.75, 3.05) is 0 Å². The van der Waals surface area contributed by atoms with Crippen LogP contribution in [0.5, 0.6) is 0 Å². The summed E-state index contributed by atoms with van der Waals surface area (Å²) in [5.74, 6) is 0. The number of hydrogen-bond acceptors (Lipinski definition) is 3. The summed E-state index contributed by atoms with van der Waals surface area (Å²) in [5.41, 5.74) is 3.72. The molecule has 0 aliphatic carbocycles. The van der Waals surface area contributed by atoms with Gasteiger partial charge in [0, 0.05) is 25.5 Å². The Morgan fingerprint density at radius 2 is 2.05 bits per heavy atom. The smallest absolute Gasteiger partial charge is 0.0690 e. The Morgan fingerprint density at radius 1 is 1.11 bits per heavy atom. The fraction of sp³-hybridized carbons (Fsp3) is 0.133. The number of aromatic nitrogens is 2. The molecule has 3 aromatic rings. The van der Waals surface area contributed by atoms with Crippen LogP contribution in [0.25, 0.3) is 5.69 Å². The number of thiophene rings is 1. The van der Waals surface area contributed by atoms with Crippen molar-refractivity contribution >= 4 is 11.3 Å². The topological polar surface area (TPSA) is 29.9 Å². The predicted molar refractivity (Wildman–Crippen MR) is 78.4 cm³/mol. The zero-order valence-corrected chi connectivity index (χ0v) is 11.3. The number of rotatable bonds is 5. The highest BCUT2D eigenvalue weighted by atomic mass is 32.1. The first kappa shape index (κ1) is 12.1. The Morgan fingerprint density at radius 3 is 2.84 bits per heavy atom. The Balaban J connectivity index is 1.71. The molecular weight excluding hydrogens is 254 g/mol. The fourth-order valence-electron chi connectivity index (χ4n) is 2.03. The lowest BCUT2D eigenvalue weighted by Crippen LogP contribution is -2.14. The van der Waals surface area contributed by atoms with Gasteiger partial charge >= 0.3 is 0 Å². The molecule has 0 atom stereocenters. The summed E-state index contributed by atoms with van der Waals surface area (Å²) in [6.07, 6.45) is 3.77. The first-order chi connectivity index (χ1) is 9.43. The van der Waals surface area contributed by atoms with Gasteiger partial charge in [-0.05, 0) is 40.1 Å². The highest BCUT2D eigenvalue weighted by molar-refractivity contribution is 7.07. The molecule has 1 aromatic carbocycles. The van der Waals surface area contributed by atoms with Crippen LogP contribution < -0.4 is 5.32 Å². The van der Waals surface area contributed by atoms with Gasteiger partial charge in [0.25, 0.3) is 0 Å². The molecule has 3 rings (SSSR count).